The number of rotatable bonds is 5. The summed E-state index contributed by atoms with van der Waals surface area (Å²) >= 11 is 13.7. The number of aromatic nitrogens is 1. The quantitative estimate of drug-likeness (QED) is 0.282. The topological polar surface area (TPSA) is 65.5 Å². The number of nitrogens with zero attached hydrogens (tertiary/aromatic N) is 3. The van der Waals surface area contributed by atoms with Gasteiger partial charge in [0, 0.05) is 54.0 Å². The molecule has 188 valence electrons. The third-order valence-electron chi connectivity index (χ3n) is 6.24. The third-order valence-corrected chi connectivity index (χ3v) is 7.67. The van der Waals surface area contributed by atoms with Gasteiger partial charge < -0.3 is 14.5 Å². The van der Waals surface area contributed by atoms with Crippen molar-refractivity contribution in [3.63, 3.8) is 0 Å². The van der Waals surface area contributed by atoms with Crippen LogP contribution >= 0.6 is 35.1 Å². The highest BCUT2D eigenvalue weighted by Crippen LogP contribution is 2.28. The van der Waals surface area contributed by atoms with Crippen LogP contribution in [-0.4, -0.2) is 52.8 Å². The van der Waals surface area contributed by atoms with Crippen LogP contribution in [0, 0.1) is 0 Å². The lowest BCUT2D eigenvalue weighted by Gasteiger charge is -2.23. The van der Waals surface area contributed by atoms with Gasteiger partial charge in [-0.15, -0.1) is 0 Å². The van der Waals surface area contributed by atoms with Crippen molar-refractivity contribution in [2.75, 3.05) is 30.9 Å². The lowest BCUT2D eigenvalue weighted by atomic mass is 10.2. The molecule has 2 heterocycles. The van der Waals surface area contributed by atoms with Crippen molar-refractivity contribution in [3.8, 4) is 0 Å². The van der Waals surface area contributed by atoms with Crippen LogP contribution in [0.15, 0.2) is 83.9 Å². The van der Waals surface area contributed by atoms with Crippen LogP contribution in [0.25, 0.3) is 10.9 Å². The van der Waals surface area contributed by atoms with Crippen molar-refractivity contribution in [3.05, 3.63) is 100 Å². The first kappa shape index (κ1) is 25.4. The van der Waals surface area contributed by atoms with Crippen molar-refractivity contribution in [1.29, 1.82) is 0 Å². The van der Waals surface area contributed by atoms with E-state index in [0.29, 0.717) is 53.8 Å². The first-order valence-electron chi connectivity index (χ1n) is 11.9. The van der Waals surface area contributed by atoms with Gasteiger partial charge in [0.2, 0.25) is 0 Å². The zero-order valence-corrected chi connectivity index (χ0v) is 22.2. The van der Waals surface area contributed by atoms with Gasteiger partial charge in [0.1, 0.15) is 0 Å². The van der Waals surface area contributed by atoms with Crippen molar-refractivity contribution < 1.29 is 9.59 Å². The fourth-order valence-electron chi connectivity index (χ4n) is 4.29. The first-order valence-corrected chi connectivity index (χ1v) is 13.5. The van der Waals surface area contributed by atoms with Crippen LogP contribution in [0.4, 0.5) is 5.69 Å². The Morgan fingerprint density at radius 2 is 1.57 bits per heavy atom. The second-order valence-corrected chi connectivity index (χ2v) is 10.4. The molecule has 0 unspecified atom stereocenters. The Bertz CT molecular complexity index is 1440. The van der Waals surface area contributed by atoms with E-state index in [1.807, 2.05) is 54.6 Å². The van der Waals surface area contributed by atoms with Crippen molar-refractivity contribution in [2.45, 2.75) is 11.3 Å². The molecule has 0 radical (unpaired) electrons. The SMILES string of the molecule is O=C(c1ccc(NSc2cccc3cccnc23)cc1)N1CCCN(C(=O)c2ccc(Cl)cc2Cl)CC1. The maximum atomic E-state index is 13.2. The van der Waals surface area contributed by atoms with Gasteiger partial charge in [0.25, 0.3) is 11.8 Å². The molecule has 1 aromatic heterocycles. The lowest BCUT2D eigenvalue weighted by Crippen LogP contribution is -2.37. The number of carbonyl (C=O) groups is 2. The number of anilines is 1. The predicted molar refractivity (Wildman–Crippen MR) is 151 cm³/mol. The fourth-order valence-corrected chi connectivity index (χ4v) is 5.56. The molecule has 9 heteroatoms. The molecule has 1 saturated heterocycles. The van der Waals surface area contributed by atoms with Gasteiger partial charge in [0.05, 0.1) is 21.0 Å². The van der Waals surface area contributed by atoms with Gasteiger partial charge in [0.15, 0.2) is 0 Å². The summed E-state index contributed by atoms with van der Waals surface area (Å²) in [5.41, 5.74) is 2.87. The highest BCUT2D eigenvalue weighted by atomic mass is 35.5. The summed E-state index contributed by atoms with van der Waals surface area (Å²) in [6.07, 6.45) is 2.48. The van der Waals surface area contributed by atoms with Crippen LogP contribution in [0.5, 0.6) is 0 Å². The normalized spacial score (nSPS) is 13.9. The Balaban J connectivity index is 1.19. The molecule has 4 aromatic rings. The molecule has 1 fully saturated rings. The highest BCUT2D eigenvalue weighted by Gasteiger charge is 2.24. The molecule has 1 aliphatic rings. The zero-order valence-electron chi connectivity index (χ0n) is 19.9. The van der Waals surface area contributed by atoms with E-state index in [0.717, 1.165) is 21.5 Å². The number of halogens is 2. The minimum atomic E-state index is -0.148. The van der Waals surface area contributed by atoms with E-state index in [-0.39, 0.29) is 11.8 Å². The molecule has 0 bridgehead atoms. The molecule has 5 rings (SSSR count). The van der Waals surface area contributed by atoms with E-state index >= 15 is 0 Å². The summed E-state index contributed by atoms with van der Waals surface area (Å²) in [5.74, 6) is -0.193. The largest absolute Gasteiger partial charge is 0.337 e. The summed E-state index contributed by atoms with van der Waals surface area (Å²) < 4.78 is 3.34. The number of para-hydroxylation sites is 1. The first-order chi connectivity index (χ1) is 18.0. The minimum Gasteiger partial charge on any atom is -0.337 e. The van der Waals surface area contributed by atoms with Crippen LogP contribution in [0.2, 0.25) is 10.0 Å². The van der Waals surface area contributed by atoms with Crippen molar-refractivity contribution >= 4 is 63.6 Å². The van der Waals surface area contributed by atoms with Crippen LogP contribution in [0.3, 0.4) is 0 Å². The zero-order chi connectivity index (χ0) is 25.8. The molecule has 1 N–H and O–H groups in total. The number of pyridine rings is 1. The molecular formula is C28H24Cl2N4O2S. The van der Waals surface area contributed by atoms with Crippen LogP contribution in [0.1, 0.15) is 27.1 Å². The Kier molecular flexibility index (Phi) is 7.84. The van der Waals surface area contributed by atoms with E-state index in [9.17, 15) is 9.59 Å². The fraction of sp³-hybridized carbons (Fsp3) is 0.179. The standard InChI is InChI=1S/C28H24Cl2N4O2S/c29-21-9-12-23(24(30)18-21)28(36)34-15-3-14-33(16-17-34)27(35)20-7-10-22(11-8-20)32-37-25-6-1-4-19-5-2-13-31-26(19)25/h1-2,4-13,18,32H,3,14-17H2. The van der Waals surface area contributed by atoms with Crippen LogP contribution in [-0.2, 0) is 0 Å². The molecule has 6 nitrogen and oxygen atoms in total. The molecule has 1 aliphatic heterocycles. The van der Waals surface area contributed by atoms with E-state index in [1.165, 1.54) is 11.9 Å². The maximum Gasteiger partial charge on any atom is 0.255 e. The van der Waals surface area contributed by atoms with Gasteiger partial charge in [-0.2, -0.15) is 0 Å². The Morgan fingerprint density at radius 3 is 2.32 bits per heavy atom. The van der Waals surface area contributed by atoms with Gasteiger partial charge in [-0.3, -0.25) is 14.6 Å². The highest BCUT2D eigenvalue weighted by molar-refractivity contribution is 8.00. The second kappa shape index (κ2) is 11.4. The molecule has 2 amide bonds. The second-order valence-electron chi connectivity index (χ2n) is 8.67. The summed E-state index contributed by atoms with van der Waals surface area (Å²) in [7, 11) is 0. The Morgan fingerprint density at radius 1 is 0.838 bits per heavy atom. The Hall–Kier alpha value is -3.26. The van der Waals surface area contributed by atoms with Gasteiger partial charge in [-0.25, -0.2) is 0 Å². The number of carbonyl (C=O) groups excluding carboxylic acids is 2. The van der Waals surface area contributed by atoms with E-state index in [2.05, 4.69) is 9.71 Å². The van der Waals surface area contributed by atoms with Gasteiger partial charge >= 0.3 is 0 Å². The minimum absolute atomic E-state index is 0.0451. The number of benzene rings is 3. The molecule has 0 aliphatic carbocycles. The average molecular weight is 551 g/mol. The molecule has 37 heavy (non-hydrogen) atoms. The number of hydrogen-bond donors (Lipinski definition) is 1. The van der Waals surface area contributed by atoms with Crippen molar-refractivity contribution in [1.82, 2.24) is 14.8 Å². The van der Waals surface area contributed by atoms with E-state index < -0.39 is 0 Å². The summed E-state index contributed by atoms with van der Waals surface area (Å²) in [5, 5.41) is 1.90. The maximum absolute atomic E-state index is 13.2. The summed E-state index contributed by atoms with van der Waals surface area (Å²) in [6, 6.07) is 22.4. The number of fused-ring (bicyclic) bond motifs is 1. The summed E-state index contributed by atoms with van der Waals surface area (Å²) in [4.78, 5) is 35.2. The molecule has 0 saturated carbocycles. The molecular weight excluding hydrogens is 527 g/mol. The van der Waals surface area contributed by atoms with E-state index in [1.54, 1.807) is 34.2 Å². The Labute approximate surface area is 229 Å². The molecule has 0 spiro atoms. The van der Waals surface area contributed by atoms with E-state index in [4.69, 9.17) is 23.2 Å². The number of hydrogen-bond acceptors (Lipinski definition) is 5. The number of amides is 2. The molecule has 3 aromatic carbocycles. The van der Waals surface area contributed by atoms with Crippen molar-refractivity contribution in [2.24, 2.45) is 0 Å². The average Bonchev–Trinajstić information content (AvgIpc) is 3.18. The lowest BCUT2D eigenvalue weighted by molar-refractivity contribution is 0.0719. The predicted octanol–water partition coefficient (Wildman–Crippen LogP) is 6.65. The van der Waals surface area contributed by atoms with Gasteiger partial charge in [-0.1, -0.05) is 41.4 Å². The smallest absolute Gasteiger partial charge is 0.255 e. The van der Waals surface area contributed by atoms with Crippen LogP contribution < -0.4 is 4.72 Å². The monoisotopic (exact) mass is 550 g/mol. The summed E-state index contributed by atoms with van der Waals surface area (Å²) in [6.45, 7) is 2.05. The van der Waals surface area contributed by atoms with Gasteiger partial charge in [-0.05, 0) is 73.0 Å². The number of nitrogens with one attached hydrogen (secondary N) is 1. The third kappa shape index (κ3) is 5.85. The molecule has 0 atom stereocenters.